The Morgan fingerprint density at radius 3 is 2.44 bits per heavy atom. The lowest BCUT2D eigenvalue weighted by Crippen LogP contribution is -2.31. The van der Waals surface area contributed by atoms with Gasteiger partial charge in [0.15, 0.2) is 0 Å². The number of hydrogen-bond acceptors (Lipinski definition) is 5. The second-order valence-electron chi connectivity index (χ2n) is 5.42. The molecule has 25 heavy (non-hydrogen) atoms. The van der Waals surface area contributed by atoms with Gasteiger partial charge in [0.25, 0.3) is 0 Å². The van der Waals surface area contributed by atoms with Crippen molar-refractivity contribution in [2.45, 2.75) is 13.3 Å². The predicted molar refractivity (Wildman–Crippen MR) is 100 cm³/mol. The van der Waals surface area contributed by atoms with Crippen molar-refractivity contribution in [2.75, 3.05) is 18.6 Å². The summed E-state index contributed by atoms with van der Waals surface area (Å²) in [7, 11) is 1.62. The average molecular weight is 353 g/mol. The van der Waals surface area contributed by atoms with Crippen molar-refractivity contribution in [2.24, 2.45) is 0 Å². The zero-order valence-electron chi connectivity index (χ0n) is 14.2. The summed E-state index contributed by atoms with van der Waals surface area (Å²) in [4.78, 5) is 14.4. The van der Waals surface area contributed by atoms with E-state index in [0.717, 1.165) is 21.9 Å². The van der Waals surface area contributed by atoms with Crippen LogP contribution in [-0.4, -0.2) is 29.8 Å². The minimum atomic E-state index is 0.00317. The molecule has 0 aliphatic heterocycles. The third kappa shape index (κ3) is 4.03. The lowest BCUT2D eigenvalue weighted by atomic mass is 10.1. The molecule has 0 bridgehead atoms. The lowest BCUT2D eigenvalue weighted by molar-refractivity contribution is -0.117. The van der Waals surface area contributed by atoms with Crippen molar-refractivity contribution in [3.8, 4) is 16.3 Å². The van der Waals surface area contributed by atoms with Gasteiger partial charge in [-0.05, 0) is 24.6 Å². The Bertz CT molecular complexity index is 831. The fraction of sp³-hybridized carbons (Fsp3) is 0.211. The molecule has 3 rings (SSSR count). The predicted octanol–water partition coefficient (Wildman–Crippen LogP) is 3.81. The maximum absolute atomic E-state index is 12.7. The number of carbonyl (C=O) groups excluding carboxylic acids is 1. The zero-order chi connectivity index (χ0) is 17.6. The van der Waals surface area contributed by atoms with E-state index in [9.17, 15) is 4.79 Å². The van der Waals surface area contributed by atoms with Gasteiger partial charge in [0.05, 0.1) is 13.5 Å². The summed E-state index contributed by atoms with van der Waals surface area (Å²) in [6.07, 6.45) is 0.318. The quantitative estimate of drug-likeness (QED) is 0.676. The van der Waals surface area contributed by atoms with E-state index in [1.54, 1.807) is 12.0 Å². The van der Waals surface area contributed by atoms with Crippen LogP contribution in [0.15, 0.2) is 54.6 Å². The average Bonchev–Trinajstić information content (AvgIpc) is 3.13. The molecule has 1 aromatic heterocycles. The number of amides is 1. The van der Waals surface area contributed by atoms with E-state index in [-0.39, 0.29) is 5.91 Å². The van der Waals surface area contributed by atoms with Crippen LogP contribution in [0, 0.1) is 0 Å². The van der Waals surface area contributed by atoms with Crippen LogP contribution in [0.1, 0.15) is 12.5 Å². The van der Waals surface area contributed by atoms with E-state index < -0.39 is 0 Å². The maximum atomic E-state index is 12.7. The minimum Gasteiger partial charge on any atom is -0.497 e. The Labute approximate surface area is 150 Å². The fourth-order valence-electron chi connectivity index (χ4n) is 2.45. The molecule has 128 valence electrons. The van der Waals surface area contributed by atoms with E-state index in [0.29, 0.717) is 18.1 Å². The highest BCUT2D eigenvalue weighted by Crippen LogP contribution is 2.28. The number of nitrogens with zero attached hydrogens (tertiary/aromatic N) is 3. The first-order valence-electron chi connectivity index (χ1n) is 8.03. The van der Waals surface area contributed by atoms with Crippen LogP contribution in [0.25, 0.3) is 10.6 Å². The second-order valence-corrected chi connectivity index (χ2v) is 6.37. The molecule has 1 amide bonds. The molecular formula is C19H19N3O2S. The van der Waals surface area contributed by atoms with Gasteiger partial charge >= 0.3 is 0 Å². The second kappa shape index (κ2) is 7.90. The smallest absolute Gasteiger partial charge is 0.233 e. The molecule has 6 heteroatoms. The normalized spacial score (nSPS) is 10.5. The van der Waals surface area contributed by atoms with Gasteiger partial charge < -0.3 is 4.74 Å². The van der Waals surface area contributed by atoms with Gasteiger partial charge in [0, 0.05) is 12.1 Å². The van der Waals surface area contributed by atoms with Crippen LogP contribution in [0.4, 0.5) is 5.13 Å². The standard InChI is InChI=1S/C19H19N3O2S/c1-3-22(17(23)13-14-9-11-16(24-2)12-10-14)19-21-20-18(25-19)15-7-5-4-6-8-15/h4-12H,3,13H2,1-2H3. The SMILES string of the molecule is CCN(C(=O)Cc1ccc(OC)cc1)c1nnc(-c2ccccc2)s1. The third-order valence-electron chi connectivity index (χ3n) is 3.80. The number of anilines is 1. The van der Waals surface area contributed by atoms with Crippen LogP contribution in [-0.2, 0) is 11.2 Å². The molecule has 0 atom stereocenters. The number of likely N-dealkylation sites (N-methyl/N-ethyl adjacent to an activating group) is 1. The molecular weight excluding hydrogens is 334 g/mol. The zero-order valence-corrected chi connectivity index (χ0v) is 15.0. The van der Waals surface area contributed by atoms with Gasteiger partial charge in [-0.15, -0.1) is 10.2 Å². The van der Waals surface area contributed by atoms with Gasteiger partial charge in [0.2, 0.25) is 11.0 Å². The fourth-order valence-corrected chi connectivity index (χ4v) is 3.38. The van der Waals surface area contributed by atoms with Gasteiger partial charge in [-0.2, -0.15) is 0 Å². The maximum Gasteiger partial charge on any atom is 0.233 e. The number of methoxy groups -OCH3 is 1. The Hall–Kier alpha value is -2.73. The van der Waals surface area contributed by atoms with E-state index in [4.69, 9.17) is 4.74 Å². The molecule has 0 spiro atoms. The molecule has 3 aromatic rings. The van der Waals surface area contributed by atoms with Crippen molar-refractivity contribution in [1.29, 1.82) is 0 Å². The molecule has 0 radical (unpaired) electrons. The van der Waals surface area contributed by atoms with E-state index in [1.807, 2.05) is 61.5 Å². The summed E-state index contributed by atoms with van der Waals surface area (Å²) < 4.78 is 5.14. The van der Waals surface area contributed by atoms with E-state index in [1.165, 1.54) is 11.3 Å². The number of aromatic nitrogens is 2. The monoisotopic (exact) mass is 353 g/mol. The summed E-state index contributed by atoms with van der Waals surface area (Å²) in [5, 5.41) is 9.87. The Kier molecular flexibility index (Phi) is 5.40. The summed E-state index contributed by atoms with van der Waals surface area (Å²) in [6.45, 7) is 2.49. The number of hydrogen-bond donors (Lipinski definition) is 0. The third-order valence-corrected chi connectivity index (χ3v) is 4.79. The molecule has 0 unspecified atom stereocenters. The molecule has 0 aliphatic carbocycles. The Morgan fingerprint density at radius 1 is 1.08 bits per heavy atom. The first-order chi connectivity index (χ1) is 12.2. The molecule has 0 N–H and O–H groups in total. The number of benzene rings is 2. The highest BCUT2D eigenvalue weighted by atomic mass is 32.1. The van der Waals surface area contributed by atoms with Crippen LogP contribution < -0.4 is 9.64 Å². The number of ether oxygens (including phenoxy) is 1. The number of carbonyl (C=O) groups is 1. The van der Waals surface area contributed by atoms with E-state index in [2.05, 4.69) is 10.2 Å². The van der Waals surface area contributed by atoms with Crippen LogP contribution in [0.3, 0.4) is 0 Å². The van der Waals surface area contributed by atoms with Gasteiger partial charge in [-0.3, -0.25) is 9.69 Å². The van der Waals surface area contributed by atoms with Crippen molar-refractivity contribution in [3.05, 3.63) is 60.2 Å². The molecule has 0 saturated heterocycles. The highest BCUT2D eigenvalue weighted by Gasteiger charge is 2.19. The van der Waals surface area contributed by atoms with Gasteiger partial charge in [-0.1, -0.05) is 53.8 Å². The molecule has 2 aromatic carbocycles. The van der Waals surface area contributed by atoms with Crippen LogP contribution in [0.5, 0.6) is 5.75 Å². The van der Waals surface area contributed by atoms with Crippen molar-refractivity contribution >= 4 is 22.4 Å². The summed E-state index contributed by atoms with van der Waals surface area (Å²) in [5.74, 6) is 0.781. The molecule has 0 fully saturated rings. The summed E-state index contributed by atoms with van der Waals surface area (Å²) in [6, 6.07) is 17.4. The first-order valence-corrected chi connectivity index (χ1v) is 8.85. The van der Waals surface area contributed by atoms with Crippen molar-refractivity contribution < 1.29 is 9.53 Å². The van der Waals surface area contributed by atoms with Crippen LogP contribution in [0.2, 0.25) is 0 Å². The lowest BCUT2D eigenvalue weighted by Gasteiger charge is -2.17. The van der Waals surface area contributed by atoms with E-state index >= 15 is 0 Å². The molecule has 1 heterocycles. The molecule has 0 aliphatic rings. The van der Waals surface area contributed by atoms with Gasteiger partial charge in [-0.25, -0.2) is 0 Å². The van der Waals surface area contributed by atoms with Crippen LogP contribution >= 0.6 is 11.3 Å². The van der Waals surface area contributed by atoms with Crippen molar-refractivity contribution in [3.63, 3.8) is 0 Å². The Morgan fingerprint density at radius 2 is 1.80 bits per heavy atom. The number of rotatable bonds is 6. The van der Waals surface area contributed by atoms with Gasteiger partial charge in [0.1, 0.15) is 10.8 Å². The largest absolute Gasteiger partial charge is 0.497 e. The minimum absolute atomic E-state index is 0.00317. The Balaban J connectivity index is 1.75. The topological polar surface area (TPSA) is 55.3 Å². The summed E-state index contributed by atoms with van der Waals surface area (Å²) >= 11 is 1.43. The molecule has 5 nitrogen and oxygen atoms in total. The van der Waals surface area contributed by atoms with Crippen molar-refractivity contribution in [1.82, 2.24) is 10.2 Å². The first kappa shape index (κ1) is 17.1. The summed E-state index contributed by atoms with van der Waals surface area (Å²) in [5.41, 5.74) is 1.95. The molecule has 0 saturated carbocycles. The highest BCUT2D eigenvalue weighted by molar-refractivity contribution is 7.18.